The van der Waals surface area contributed by atoms with E-state index in [0.717, 1.165) is 0 Å². The summed E-state index contributed by atoms with van der Waals surface area (Å²) in [4.78, 5) is 39.0. The summed E-state index contributed by atoms with van der Waals surface area (Å²) in [6.07, 6.45) is 0. The van der Waals surface area contributed by atoms with Crippen LogP contribution in [0.4, 0.5) is 0 Å². The lowest BCUT2D eigenvalue weighted by Gasteiger charge is -2.23. The van der Waals surface area contributed by atoms with Crippen LogP contribution in [-0.2, 0) is 24.3 Å². The second-order valence-electron chi connectivity index (χ2n) is 7.49. The van der Waals surface area contributed by atoms with Crippen molar-refractivity contribution in [3.8, 4) is 0 Å². The maximum absolute atomic E-state index is 12.8. The van der Waals surface area contributed by atoms with Crippen LogP contribution in [0.25, 0.3) is 0 Å². The van der Waals surface area contributed by atoms with Crippen molar-refractivity contribution in [2.75, 3.05) is 32.8 Å². The van der Waals surface area contributed by atoms with Crippen LogP contribution < -0.4 is 5.32 Å². The molecular weight excluding hydrogens is 434 g/mol. The van der Waals surface area contributed by atoms with Gasteiger partial charge >= 0.3 is 5.97 Å². The fourth-order valence-corrected chi connectivity index (χ4v) is 4.63. The van der Waals surface area contributed by atoms with Crippen LogP contribution in [0.15, 0.2) is 29.2 Å². The SMILES string of the molecule is CCN(CC)C(=O)COC(=O)[C@@H](NC(=O)c1cccc(S(=O)(=O)N(CC)CC)c1)C(C)C. The Labute approximate surface area is 191 Å². The van der Waals surface area contributed by atoms with Gasteiger partial charge in [0.15, 0.2) is 6.61 Å². The molecule has 0 bridgehead atoms. The van der Waals surface area contributed by atoms with E-state index >= 15 is 0 Å². The summed E-state index contributed by atoms with van der Waals surface area (Å²) in [5, 5.41) is 2.60. The number of hydrogen-bond donors (Lipinski definition) is 1. The van der Waals surface area contributed by atoms with Crippen molar-refractivity contribution in [2.45, 2.75) is 52.5 Å². The fraction of sp³-hybridized carbons (Fsp3) is 0.591. The zero-order chi connectivity index (χ0) is 24.5. The molecule has 0 aliphatic heterocycles. The molecule has 1 atom stereocenters. The largest absolute Gasteiger partial charge is 0.454 e. The highest BCUT2D eigenvalue weighted by atomic mass is 32.2. The molecule has 0 fully saturated rings. The maximum Gasteiger partial charge on any atom is 0.329 e. The summed E-state index contributed by atoms with van der Waals surface area (Å²) in [7, 11) is -3.73. The van der Waals surface area contributed by atoms with Crippen LogP contribution in [0.5, 0.6) is 0 Å². The Kier molecular flexibility index (Phi) is 10.8. The van der Waals surface area contributed by atoms with Gasteiger partial charge in [-0.25, -0.2) is 13.2 Å². The van der Waals surface area contributed by atoms with E-state index in [0.29, 0.717) is 26.2 Å². The molecule has 1 N–H and O–H groups in total. The molecule has 0 saturated heterocycles. The molecule has 1 aromatic carbocycles. The second-order valence-corrected chi connectivity index (χ2v) is 9.42. The Morgan fingerprint density at radius 3 is 2.09 bits per heavy atom. The van der Waals surface area contributed by atoms with Crippen molar-refractivity contribution in [2.24, 2.45) is 5.92 Å². The Morgan fingerprint density at radius 2 is 1.59 bits per heavy atom. The number of hydrogen-bond acceptors (Lipinski definition) is 6. The number of carbonyl (C=O) groups is 3. The number of benzene rings is 1. The predicted octanol–water partition coefficient (Wildman–Crippen LogP) is 1.88. The molecule has 0 aliphatic carbocycles. The number of ether oxygens (including phenoxy) is 1. The van der Waals surface area contributed by atoms with E-state index in [2.05, 4.69) is 5.32 Å². The summed E-state index contributed by atoms with van der Waals surface area (Å²) >= 11 is 0. The molecule has 0 saturated carbocycles. The molecule has 1 rings (SSSR count). The third-order valence-electron chi connectivity index (χ3n) is 5.10. The fourth-order valence-electron chi connectivity index (χ4n) is 3.12. The normalized spacial score (nSPS) is 12.5. The first-order valence-corrected chi connectivity index (χ1v) is 12.3. The van der Waals surface area contributed by atoms with Crippen LogP contribution in [0.1, 0.15) is 51.9 Å². The first-order valence-electron chi connectivity index (χ1n) is 10.9. The summed E-state index contributed by atoms with van der Waals surface area (Å²) in [6, 6.07) is 4.68. The number of rotatable bonds is 12. The molecule has 0 radical (unpaired) electrons. The Morgan fingerprint density at radius 1 is 1.00 bits per heavy atom. The zero-order valence-corrected chi connectivity index (χ0v) is 20.6. The number of nitrogens with one attached hydrogen (secondary N) is 1. The lowest BCUT2D eigenvalue weighted by atomic mass is 10.0. The first kappa shape index (κ1) is 27.6. The van der Waals surface area contributed by atoms with Crippen molar-refractivity contribution in [3.05, 3.63) is 29.8 Å². The van der Waals surface area contributed by atoms with E-state index in [-0.39, 0.29) is 22.3 Å². The molecule has 0 heterocycles. The first-order chi connectivity index (χ1) is 15.0. The number of esters is 1. The molecule has 32 heavy (non-hydrogen) atoms. The highest BCUT2D eigenvalue weighted by molar-refractivity contribution is 7.89. The number of nitrogens with zero attached hydrogens (tertiary/aromatic N) is 2. The highest BCUT2D eigenvalue weighted by Crippen LogP contribution is 2.17. The molecule has 10 heteroatoms. The average Bonchev–Trinajstić information content (AvgIpc) is 2.77. The van der Waals surface area contributed by atoms with Gasteiger partial charge in [-0.15, -0.1) is 0 Å². The van der Waals surface area contributed by atoms with Crippen LogP contribution in [-0.4, -0.2) is 74.2 Å². The van der Waals surface area contributed by atoms with Gasteiger partial charge in [-0.3, -0.25) is 9.59 Å². The number of amides is 2. The minimum Gasteiger partial charge on any atom is -0.454 e. The van der Waals surface area contributed by atoms with E-state index in [1.807, 2.05) is 13.8 Å². The monoisotopic (exact) mass is 469 g/mol. The molecule has 0 aliphatic rings. The quantitative estimate of drug-likeness (QED) is 0.468. The molecule has 180 valence electrons. The van der Waals surface area contributed by atoms with Gasteiger partial charge in [0.25, 0.3) is 11.8 Å². The van der Waals surface area contributed by atoms with E-state index in [9.17, 15) is 22.8 Å². The predicted molar refractivity (Wildman–Crippen MR) is 122 cm³/mol. The van der Waals surface area contributed by atoms with Crippen molar-refractivity contribution in [1.82, 2.24) is 14.5 Å². The van der Waals surface area contributed by atoms with Gasteiger partial charge in [-0.05, 0) is 38.0 Å². The lowest BCUT2D eigenvalue weighted by Crippen LogP contribution is -2.46. The van der Waals surface area contributed by atoms with E-state index in [4.69, 9.17) is 4.74 Å². The van der Waals surface area contributed by atoms with Gasteiger partial charge in [0.05, 0.1) is 4.90 Å². The Bertz CT molecular complexity index is 893. The Balaban J connectivity index is 2.98. The summed E-state index contributed by atoms with van der Waals surface area (Å²) in [6.45, 7) is 11.8. The average molecular weight is 470 g/mol. The van der Waals surface area contributed by atoms with Gasteiger partial charge in [-0.2, -0.15) is 4.31 Å². The van der Waals surface area contributed by atoms with Crippen molar-refractivity contribution >= 4 is 27.8 Å². The van der Waals surface area contributed by atoms with Crippen LogP contribution >= 0.6 is 0 Å². The van der Waals surface area contributed by atoms with E-state index in [1.165, 1.54) is 33.5 Å². The van der Waals surface area contributed by atoms with Gasteiger partial charge in [0, 0.05) is 31.7 Å². The second kappa shape index (κ2) is 12.5. The lowest BCUT2D eigenvalue weighted by molar-refractivity contribution is -0.154. The van der Waals surface area contributed by atoms with Gasteiger partial charge in [0.1, 0.15) is 6.04 Å². The third-order valence-corrected chi connectivity index (χ3v) is 7.15. The molecule has 0 aromatic heterocycles. The van der Waals surface area contributed by atoms with Crippen molar-refractivity contribution in [3.63, 3.8) is 0 Å². The standard InChI is InChI=1S/C22H35N3O6S/c1-7-24(8-2)19(26)15-31-22(28)20(16(5)6)23-21(27)17-12-11-13-18(14-17)32(29,30)25(9-3)10-4/h11-14,16,20H,7-10,15H2,1-6H3,(H,23,27)/t20-/m0/s1. The maximum atomic E-state index is 12.8. The van der Waals surface area contributed by atoms with Crippen molar-refractivity contribution in [1.29, 1.82) is 0 Å². The molecular formula is C22H35N3O6S. The van der Waals surface area contributed by atoms with Gasteiger partial charge < -0.3 is 15.0 Å². The topological polar surface area (TPSA) is 113 Å². The molecule has 0 unspecified atom stereocenters. The van der Waals surface area contributed by atoms with Gasteiger partial charge in [-0.1, -0.05) is 33.8 Å². The van der Waals surface area contributed by atoms with Crippen LogP contribution in [0.2, 0.25) is 0 Å². The van der Waals surface area contributed by atoms with E-state index in [1.54, 1.807) is 27.7 Å². The molecule has 9 nitrogen and oxygen atoms in total. The molecule has 2 amide bonds. The molecule has 0 spiro atoms. The van der Waals surface area contributed by atoms with Crippen molar-refractivity contribution < 1.29 is 27.5 Å². The molecule has 1 aromatic rings. The minimum absolute atomic E-state index is 0.00217. The highest BCUT2D eigenvalue weighted by Gasteiger charge is 2.28. The summed E-state index contributed by atoms with van der Waals surface area (Å²) in [5.74, 6) is -1.95. The number of carbonyl (C=O) groups excluding carboxylic acids is 3. The summed E-state index contributed by atoms with van der Waals surface area (Å²) in [5.41, 5.74) is 0.107. The smallest absolute Gasteiger partial charge is 0.329 e. The van der Waals surface area contributed by atoms with Crippen LogP contribution in [0, 0.1) is 5.92 Å². The summed E-state index contributed by atoms with van der Waals surface area (Å²) < 4.78 is 31.9. The minimum atomic E-state index is -3.73. The van der Waals surface area contributed by atoms with Gasteiger partial charge in [0.2, 0.25) is 10.0 Å². The van der Waals surface area contributed by atoms with Crippen LogP contribution in [0.3, 0.4) is 0 Å². The number of sulfonamides is 1. The van der Waals surface area contributed by atoms with E-state index < -0.39 is 34.5 Å². The number of likely N-dealkylation sites (N-methyl/N-ethyl adjacent to an activating group) is 1. The Hall–Kier alpha value is -2.46. The third kappa shape index (κ3) is 7.03. The zero-order valence-electron chi connectivity index (χ0n) is 19.8.